The second-order valence-electron chi connectivity index (χ2n) is 6.65. The van der Waals surface area contributed by atoms with Crippen molar-refractivity contribution in [1.82, 2.24) is 14.7 Å². The third-order valence-corrected chi connectivity index (χ3v) is 6.00. The average Bonchev–Trinajstić information content (AvgIpc) is 3.34. The second kappa shape index (κ2) is 6.69. The highest BCUT2D eigenvalue weighted by Crippen LogP contribution is 2.29. The zero-order chi connectivity index (χ0) is 16.5. The van der Waals surface area contributed by atoms with Crippen molar-refractivity contribution in [1.29, 1.82) is 0 Å². The number of aromatic nitrogens is 2. The summed E-state index contributed by atoms with van der Waals surface area (Å²) in [7, 11) is 1.93. The number of ether oxygens (including phenoxy) is 1. The number of carbonyl (C=O) groups is 1. The normalized spacial score (nSPS) is 17.9. The third kappa shape index (κ3) is 2.89. The highest BCUT2D eigenvalue weighted by atomic mass is 32.1. The van der Waals surface area contributed by atoms with Crippen molar-refractivity contribution in [2.24, 2.45) is 7.05 Å². The molecule has 0 radical (unpaired) electrons. The number of rotatable bonds is 4. The van der Waals surface area contributed by atoms with Crippen LogP contribution in [0.3, 0.4) is 0 Å². The predicted octanol–water partition coefficient (Wildman–Crippen LogP) is 3.14. The van der Waals surface area contributed by atoms with Gasteiger partial charge in [0.05, 0.1) is 19.8 Å². The number of hydrogen-bond donors (Lipinski definition) is 0. The highest BCUT2D eigenvalue weighted by Gasteiger charge is 2.32. The van der Waals surface area contributed by atoms with Gasteiger partial charge in [-0.15, -0.1) is 11.3 Å². The van der Waals surface area contributed by atoms with Gasteiger partial charge in [-0.25, -0.2) is 0 Å². The van der Waals surface area contributed by atoms with E-state index in [0.29, 0.717) is 31.5 Å². The van der Waals surface area contributed by atoms with Crippen LogP contribution in [-0.2, 0) is 31.4 Å². The molecule has 6 heteroatoms. The molecule has 0 N–H and O–H groups in total. The number of thiophene rings is 1. The molecule has 1 amide bonds. The fourth-order valence-electron chi connectivity index (χ4n) is 3.87. The summed E-state index contributed by atoms with van der Waals surface area (Å²) in [5.41, 5.74) is 2.73. The maximum Gasteiger partial charge on any atom is 0.275 e. The number of fused-ring (bicyclic) bond motifs is 1. The molecular weight excluding hydrogens is 322 g/mol. The molecule has 0 aromatic carbocycles. The molecule has 2 aliphatic rings. The summed E-state index contributed by atoms with van der Waals surface area (Å²) in [6.45, 7) is 1.90. The lowest BCUT2D eigenvalue weighted by Gasteiger charge is -2.28. The molecule has 1 aliphatic carbocycles. The molecule has 0 saturated heterocycles. The van der Waals surface area contributed by atoms with Gasteiger partial charge in [-0.3, -0.25) is 9.48 Å². The van der Waals surface area contributed by atoms with Gasteiger partial charge in [-0.2, -0.15) is 5.10 Å². The van der Waals surface area contributed by atoms with E-state index < -0.39 is 0 Å². The molecule has 1 fully saturated rings. The molecule has 3 heterocycles. The summed E-state index contributed by atoms with van der Waals surface area (Å²) in [4.78, 5) is 16.6. The van der Waals surface area contributed by atoms with Crippen LogP contribution >= 0.6 is 11.3 Å². The summed E-state index contributed by atoms with van der Waals surface area (Å²) < 4.78 is 7.45. The van der Waals surface area contributed by atoms with E-state index in [0.717, 1.165) is 30.5 Å². The van der Waals surface area contributed by atoms with Crippen molar-refractivity contribution < 1.29 is 9.53 Å². The largest absolute Gasteiger partial charge is 0.376 e. The first-order chi connectivity index (χ1) is 11.7. The smallest absolute Gasteiger partial charge is 0.275 e. The van der Waals surface area contributed by atoms with Crippen molar-refractivity contribution in [3.05, 3.63) is 39.3 Å². The Balaban J connectivity index is 1.66. The quantitative estimate of drug-likeness (QED) is 0.855. The van der Waals surface area contributed by atoms with Crippen LogP contribution in [0, 0.1) is 0 Å². The lowest BCUT2D eigenvalue weighted by Crippen LogP contribution is -2.39. The van der Waals surface area contributed by atoms with Crippen molar-refractivity contribution in [3.63, 3.8) is 0 Å². The Hall–Kier alpha value is -1.66. The Morgan fingerprint density at radius 1 is 1.46 bits per heavy atom. The van der Waals surface area contributed by atoms with Crippen LogP contribution in [0.25, 0.3) is 0 Å². The summed E-state index contributed by atoms with van der Waals surface area (Å²) in [6, 6.07) is 4.49. The van der Waals surface area contributed by atoms with E-state index >= 15 is 0 Å². The molecule has 0 bridgehead atoms. The molecule has 5 nitrogen and oxygen atoms in total. The minimum atomic E-state index is 0.0673. The zero-order valence-electron chi connectivity index (χ0n) is 14.0. The molecule has 2 aromatic heterocycles. The van der Waals surface area contributed by atoms with E-state index in [2.05, 4.69) is 21.4 Å². The van der Waals surface area contributed by atoms with Gasteiger partial charge in [0.15, 0.2) is 5.69 Å². The van der Waals surface area contributed by atoms with Gasteiger partial charge in [0, 0.05) is 35.6 Å². The van der Waals surface area contributed by atoms with Gasteiger partial charge >= 0.3 is 0 Å². The van der Waals surface area contributed by atoms with Crippen LogP contribution in [0.4, 0.5) is 0 Å². The first-order valence-electron chi connectivity index (χ1n) is 8.70. The van der Waals surface area contributed by atoms with E-state index in [-0.39, 0.29) is 5.91 Å². The molecule has 24 heavy (non-hydrogen) atoms. The number of amides is 1. The van der Waals surface area contributed by atoms with Crippen LogP contribution in [0.5, 0.6) is 0 Å². The standard InChI is InChI=1S/C18H23N3O2S/c1-20-16-8-9-23-12-15(16)17(19-20)18(22)21(13-5-2-3-6-13)11-14-7-4-10-24-14/h4,7,10,13H,2-3,5-6,8-9,11-12H2,1H3. The molecule has 0 spiro atoms. The number of carbonyl (C=O) groups excluding carboxylic acids is 1. The predicted molar refractivity (Wildman–Crippen MR) is 93.0 cm³/mol. The van der Waals surface area contributed by atoms with Gasteiger partial charge in [-0.1, -0.05) is 18.9 Å². The minimum absolute atomic E-state index is 0.0673. The monoisotopic (exact) mass is 345 g/mol. The molecular formula is C18H23N3O2S. The number of nitrogens with zero attached hydrogens (tertiary/aromatic N) is 3. The summed E-state index contributed by atoms with van der Waals surface area (Å²) in [6.07, 6.45) is 5.45. The second-order valence-corrected chi connectivity index (χ2v) is 7.68. The zero-order valence-corrected chi connectivity index (χ0v) is 14.8. The third-order valence-electron chi connectivity index (χ3n) is 5.14. The first-order valence-corrected chi connectivity index (χ1v) is 9.58. The molecule has 4 rings (SSSR count). The van der Waals surface area contributed by atoms with Crippen LogP contribution in [0.1, 0.15) is 52.3 Å². The lowest BCUT2D eigenvalue weighted by molar-refractivity contribution is 0.0649. The summed E-state index contributed by atoms with van der Waals surface area (Å²) in [5, 5.41) is 6.64. The van der Waals surface area contributed by atoms with Gasteiger partial charge in [-0.05, 0) is 24.3 Å². The topological polar surface area (TPSA) is 47.4 Å². The molecule has 2 aromatic rings. The van der Waals surface area contributed by atoms with E-state index in [9.17, 15) is 4.79 Å². The van der Waals surface area contributed by atoms with Crippen LogP contribution in [0.15, 0.2) is 17.5 Å². The SMILES string of the molecule is Cn1nc(C(=O)N(Cc2cccs2)C2CCCC2)c2c1CCOC2. The van der Waals surface area contributed by atoms with E-state index in [1.54, 1.807) is 11.3 Å². The highest BCUT2D eigenvalue weighted by molar-refractivity contribution is 7.09. The Bertz CT molecular complexity index is 717. The Morgan fingerprint density at radius 2 is 2.29 bits per heavy atom. The molecule has 1 saturated carbocycles. The number of aryl methyl sites for hydroxylation is 1. The fourth-order valence-corrected chi connectivity index (χ4v) is 4.57. The molecule has 128 valence electrons. The Labute approximate surface area is 146 Å². The lowest BCUT2D eigenvalue weighted by atomic mass is 10.1. The van der Waals surface area contributed by atoms with Crippen molar-refractivity contribution in [3.8, 4) is 0 Å². The molecule has 0 unspecified atom stereocenters. The average molecular weight is 345 g/mol. The van der Waals surface area contributed by atoms with E-state index in [4.69, 9.17) is 4.74 Å². The Kier molecular flexibility index (Phi) is 4.41. The minimum Gasteiger partial charge on any atom is -0.376 e. The Morgan fingerprint density at radius 3 is 3.04 bits per heavy atom. The van der Waals surface area contributed by atoms with E-state index in [1.165, 1.54) is 17.7 Å². The van der Waals surface area contributed by atoms with Crippen LogP contribution in [0.2, 0.25) is 0 Å². The van der Waals surface area contributed by atoms with Crippen molar-refractivity contribution in [2.75, 3.05) is 6.61 Å². The fraction of sp³-hybridized carbons (Fsp3) is 0.556. The maximum absolute atomic E-state index is 13.3. The van der Waals surface area contributed by atoms with Gasteiger partial charge in [0.25, 0.3) is 5.91 Å². The maximum atomic E-state index is 13.3. The van der Waals surface area contributed by atoms with Gasteiger partial charge < -0.3 is 9.64 Å². The van der Waals surface area contributed by atoms with Gasteiger partial charge in [0.2, 0.25) is 0 Å². The summed E-state index contributed by atoms with van der Waals surface area (Å²) in [5.74, 6) is 0.0673. The summed E-state index contributed by atoms with van der Waals surface area (Å²) >= 11 is 1.71. The van der Waals surface area contributed by atoms with Gasteiger partial charge in [0.1, 0.15) is 0 Å². The van der Waals surface area contributed by atoms with Crippen LogP contribution in [-0.4, -0.2) is 33.2 Å². The number of hydrogen-bond acceptors (Lipinski definition) is 4. The molecule has 0 atom stereocenters. The van der Waals surface area contributed by atoms with Crippen molar-refractivity contribution in [2.45, 2.75) is 51.3 Å². The van der Waals surface area contributed by atoms with Crippen LogP contribution < -0.4 is 0 Å². The first kappa shape index (κ1) is 15.8. The van der Waals surface area contributed by atoms with E-state index in [1.807, 2.05) is 17.8 Å². The molecule has 1 aliphatic heterocycles. The van der Waals surface area contributed by atoms with Crippen molar-refractivity contribution >= 4 is 17.2 Å².